The number of carbonyl (C=O) groups is 1. The molecule has 0 aliphatic rings. The Morgan fingerprint density at radius 3 is 2.53 bits per heavy atom. The first-order chi connectivity index (χ1) is 14.6. The highest BCUT2D eigenvalue weighted by Gasteiger charge is 2.12. The van der Waals surface area contributed by atoms with E-state index in [1.54, 1.807) is 0 Å². The topological polar surface area (TPSA) is 46.9 Å². The van der Waals surface area contributed by atoms with Crippen molar-refractivity contribution in [3.05, 3.63) is 99.8 Å². The van der Waals surface area contributed by atoms with Gasteiger partial charge in [0.15, 0.2) is 0 Å². The van der Waals surface area contributed by atoms with Crippen molar-refractivity contribution < 1.29 is 4.79 Å². The summed E-state index contributed by atoms with van der Waals surface area (Å²) in [7, 11) is 0. The average molecular weight is 462 g/mol. The SMILES string of the molecule is Cc1ccccc1C(=O)NCCCc1nc2ccccc2n1Cc1ccc(Br)cc1. The van der Waals surface area contributed by atoms with E-state index in [0.29, 0.717) is 6.54 Å². The summed E-state index contributed by atoms with van der Waals surface area (Å²) < 4.78 is 3.35. The summed E-state index contributed by atoms with van der Waals surface area (Å²) in [6, 6.07) is 24.3. The second kappa shape index (κ2) is 9.26. The summed E-state index contributed by atoms with van der Waals surface area (Å²) in [6.45, 7) is 3.35. The molecule has 0 aliphatic heterocycles. The van der Waals surface area contributed by atoms with Crippen LogP contribution >= 0.6 is 15.9 Å². The molecule has 1 amide bonds. The number of para-hydroxylation sites is 2. The number of aryl methyl sites for hydroxylation is 2. The molecule has 152 valence electrons. The molecule has 0 fully saturated rings. The summed E-state index contributed by atoms with van der Waals surface area (Å²) in [5.74, 6) is 1.03. The normalized spacial score (nSPS) is 11.0. The molecule has 0 saturated heterocycles. The molecule has 0 saturated carbocycles. The maximum atomic E-state index is 12.4. The summed E-state index contributed by atoms with van der Waals surface area (Å²) in [5.41, 5.74) is 5.11. The van der Waals surface area contributed by atoms with E-state index in [1.807, 2.05) is 43.3 Å². The molecule has 3 aromatic carbocycles. The number of aromatic nitrogens is 2. The number of imidazole rings is 1. The number of nitrogens with one attached hydrogen (secondary N) is 1. The third-order valence-corrected chi connectivity index (χ3v) is 5.77. The van der Waals surface area contributed by atoms with Crippen LogP contribution in [-0.4, -0.2) is 22.0 Å². The molecule has 30 heavy (non-hydrogen) atoms. The van der Waals surface area contributed by atoms with Crippen molar-refractivity contribution in [2.45, 2.75) is 26.3 Å². The van der Waals surface area contributed by atoms with Gasteiger partial charge in [-0.05, 0) is 54.8 Å². The van der Waals surface area contributed by atoms with Gasteiger partial charge >= 0.3 is 0 Å². The minimum Gasteiger partial charge on any atom is -0.352 e. The number of amides is 1. The largest absolute Gasteiger partial charge is 0.352 e. The van der Waals surface area contributed by atoms with Crippen LogP contribution in [0.3, 0.4) is 0 Å². The molecule has 0 unspecified atom stereocenters. The lowest BCUT2D eigenvalue weighted by Gasteiger charge is -2.11. The van der Waals surface area contributed by atoms with E-state index < -0.39 is 0 Å². The first-order valence-corrected chi connectivity index (χ1v) is 10.9. The van der Waals surface area contributed by atoms with Crippen molar-refractivity contribution in [1.82, 2.24) is 14.9 Å². The Balaban J connectivity index is 1.45. The van der Waals surface area contributed by atoms with Crippen molar-refractivity contribution in [2.75, 3.05) is 6.54 Å². The predicted molar refractivity (Wildman–Crippen MR) is 125 cm³/mol. The van der Waals surface area contributed by atoms with Crippen LogP contribution in [0.2, 0.25) is 0 Å². The lowest BCUT2D eigenvalue weighted by molar-refractivity contribution is 0.0952. The number of benzene rings is 3. The van der Waals surface area contributed by atoms with Crippen molar-refractivity contribution in [2.24, 2.45) is 0 Å². The molecular formula is C25H24BrN3O. The fourth-order valence-electron chi connectivity index (χ4n) is 3.64. The predicted octanol–water partition coefficient (Wildman–Crippen LogP) is 5.52. The van der Waals surface area contributed by atoms with E-state index in [0.717, 1.165) is 51.8 Å². The maximum Gasteiger partial charge on any atom is 0.251 e. The van der Waals surface area contributed by atoms with Gasteiger partial charge in [0, 0.05) is 29.5 Å². The van der Waals surface area contributed by atoms with Crippen LogP contribution < -0.4 is 5.32 Å². The smallest absolute Gasteiger partial charge is 0.251 e. The van der Waals surface area contributed by atoms with E-state index in [2.05, 4.69) is 62.2 Å². The number of hydrogen-bond donors (Lipinski definition) is 1. The molecule has 4 nitrogen and oxygen atoms in total. The summed E-state index contributed by atoms with van der Waals surface area (Å²) in [6.07, 6.45) is 1.64. The Morgan fingerprint density at radius 1 is 1.00 bits per heavy atom. The molecule has 4 rings (SSSR count). The van der Waals surface area contributed by atoms with Crippen LogP contribution in [0.15, 0.2) is 77.3 Å². The Kier molecular flexibility index (Phi) is 6.29. The van der Waals surface area contributed by atoms with Gasteiger partial charge in [-0.1, -0.05) is 58.4 Å². The molecule has 0 radical (unpaired) electrons. The van der Waals surface area contributed by atoms with Gasteiger partial charge in [-0.3, -0.25) is 4.79 Å². The molecule has 0 atom stereocenters. The number of halogens is 1. The zero-order valence-electron chi connectivity index (χ0n) is 16.9. The van der Waals surface area contributed by atoms with Crippen molar-refractivity contribution >= 4 is 32.9 Å². The number of fused-ring (bicyclic) bond motifs is 1. The number of carbonyl (C=O) groups excluding carboxylic acids is 1. The number of nitrogens with zero attached hydrogens (tertiary/aromatic N) is 2. The van der Waals surface area contributed by atoms with E-state index >= 15 is 0 Å². The Labute approximate surface area is 185 Å². The van der Waals surface area contributed by atoms with Crippen molar-refractivity contribution in [1.29, 1.82) is 0 Å². The highest BCUT2D eigenvalue weighted by Crippen LogP contribution is 2.20. The summed E-state index contributed by atoms with van der Waals surface area (Å²) in [4.78, 5) is 17.3. The van der Waals surface area contributed by atoms with Crippen LogP contribution in [0, 0.1) is 6.92 Å². The van der Waals surface area contributed by atoms with Gasteiger partial charge in [0.25, 0.3) is 5.91 Å². The first-order valence-electron chi connectivity index (χ1n) is 10.1. The molecule has 1 aromatic heterocycles. The minimum atomic E-state index is -0.0172. The van der Waals surface area contributed by atoms with Crippen LogP contribution in [0.4, 0.5) is 0 Å². The standard InChI is InChI=1S/C25H24BrN3O/c1-18-7-2-3-8-21(18)25(30)27-16-6-11-24-28-22-9-4-5-10-23(22)29(24)17-19-12-14-20(26)15-13-19/h2-5,7-10,12-15H,6,11,16-17H2,1H3,(H,27,30). The monoisotopic (exact) mass is 461 g/mol. The molecule has 0 spiro atoms. The maximum absolute atomic E-state index is 12.4. The van der Waals surface area contributed by atoms with Crippen LogP contribution in [-0.2, 0) is 13.0 Å². The van der Waals surface area contributed by atoms with Gasteiger partial charge in [0.05, 0.1) is 11.0 Å². The van der Waals surface area contributed by atoms with Crippen LogP contribution in [0.1, 0.15) is 33.7 Å². The molecule has 1 heterocycles. The number of hydrogen-bond acceptors (Lipinski definition) is 2. The van der Waals surface area contributed by atoms with Crippen molar-refractivity contribution in [3.63, 3.8) is 0 Å². The van der Waals surface area contributed by atoms with Gasteiger partial charge in [-0.25, -0.2) is 4.98 Å². The third-order valence-electron chi connectivity index (χ3n) is 5.24. The molecular weight excluding hydrogens is 438 g/mol. The van der Waals surface area contributed by atoms with Gasteiger partial charge < -0.3 is 9.88 Å². The molecule has 1 N–H and O–H groups in total. The first kappa shape index (κ1) is 20.4. The van der Waals surface area contributed by atoms with Gasteiger partial charge in [0.2, 0.25) is 0 Å². The Morgan fingerprint density at radius 2 is 1.73 bits per heavy atom. The summed E-state index contributed by atoms with van der Waals surface area (Å²) >= 11 is 3.50. The van der Waals surface area contributed by atoms with E-state index in [9.17, 15) is 4.79 Å². The highest BCUT2D eigenvalue weighted by atomic mass is 79.9. The lowest BCUT2D eigenvalue weighted by Crippen LogP contribution is -2.25. The fraction of sp³-hybridized carbons (Fsp3) is 0.200. The number of rotatable bonds is 7. The van der Waals surface area contributed by atoms with Gasteiger partial charge in [-0.15, -0.1) is 0 Å². The van der Waals surface area contributed by atoms with Crippen LogP contribution in [0.5, 0.6) is 0 Å². The van der Waals surface area contributed by atoms with Crippen LogP contribution in [0.25, 0.3) is 11.0 Å². The fourth-order valence-corrected chi connectivity index (χ4v) is 3.90. The quantitative estimate of drug-likeness (QED) is 0.368. The minimum absolute atomic E-state index is 0.0172. The zero-order valence-corrected chi connectivity index (χ0v) is 18.5. The molecule has 5 heteroatoms. The Bertz CT molecular complexity index is 1160. The van der Waals surface area contributed by atoms with Gasteiger partial charge in [0.1, 0.15) is 5.82 Å². The molecule has 0 bridgehead atoms. The molecule has 0 aliphatic carbocycles. The van der Waals surface area contributed by atoms with E-state index in [4.69, 9.17) is 4.98 Å². The zero-order chi connectivity index (χ0) is 20.9. The lowest BCUT2D eigenvalue weighted by atomic mass is 10.1. The third kappa shape index (κ3) is 4.62. The van der Waals surface area contributed by atoms with E-state index in [1.165, 1.54) is 5.56 Å². The molecule has 4 aromatic rings. The van der Waals surface area contributed by atoms with Crippen molar-refractivity contribution in [3.8, 4) is 0 Å². The average Bonchev–Trinajstić information content (AvgIpc) is 3.10. The second-order valence-corrected chi connectivity index (χ2v) is 8.32. The second-order valence-electron chi connectivity index (χ2n) is 7.40. The Hall–Kier alpha value is -2.92. The highest BCUT2D eigenvalue weighted by molar-refractivity contribution is 9.10. The van der Waals surface area contributed by atoms with E-state index in [-0.39, 0.29) is 5.91 Å². The van der Waals surface area contributed by atoms with Gasteiger partial charge in [-0.2, -0.15) is 0 Å². The summed E-state index contributed by atoms with van der Waals surface area (Å²) in [5, 5.41) is 3.04.